The van der Waals surface area contributed by atoms with Crippen LogP contribution < -0.4 is 5.32 Å². The van der Waals surface area contributed by atoms with Crippen molar-refractivity contribution in [1.82, 2.24) is 5.32 Å². The van der Waals surface area contributed by atoms with Crippen LogP contribution in [0.4, 0.5) is 0 Å². The molecule has 0 aromatic carbocycles. The van der Waals surface area contributed by atoms with E-state index in [1.807, 2.05) is 0 Å². The predicted molar refractivity (Wildman–Crippen MR) is 63.4 cm³/mol. The molecule has 0 spiro atoms. The molecule has 1 aromatic heterocycles. The van der Waals surface area contributed by atoms with Crippen molar-refractivity contribution in [3.63, 3.8) is 0 Å². The molecular weight excluding hydrogens is 238 g/mol. The topological polar surface area (TPSA) is 77.8 Å². The first-order valence-corrected chi connectivity index (χ1v) is 5.54. The van der Waals surface area contributed by atoms with Crippen molar-refractivity contribution in [2.45, 2.75) is 13.8 Å². The second-order valence-electron chi connectivity index (χ2n) is 3.75. The van der Waals surface area contributed by atoms with Crippen LogP contribution in [0.3, 0.4) is 0 Å². The van der Waals surface area contributed by atoms with E-state index >= 15 is 0 Å². The quantitative estimate of drug-likeness (QED) is 0.601. The summed E-state index contributed by atoms with van der Waals surface area (Å²) in [6.07, 6.45) is 0. The van der Waals surface area contributed by atoms with Crippen molar-refractivity contribution in [1.29, 1.82) is 0 Å². The van der Waals surface area contributed by atoms with Gasteiger partial charge >= 0.3 is 5.97 Å². The molecule has 0 fully saturated rings. The average Bonchev–Trinajstić information content (AvgIpc) is 2.66. The van der Waals surface area contributed by atoms with Crippen LogP contribution >= 0.6 is 0 Å². The van der Waals surface area contributed by atoms with Gasteiger partial charge in [-0.1, -0.05) is 0 Å². The number of hydrogen-bond acceptors (Lipinski definition) is 5. The first kappa shape index (κ1) is 14.2. The predicted octanol–water partition coefficient (Wildman–Crippen LogP) is 0.816. The van der Waals surface area contributed by atoms with Crippen molar-refractivity contribution in [3.8, 4) is 0 Å². The Hall–Kier alpha value is -1.82. The average molecular weight is 255 g/mol. The molecule has 0 atom stereocenters. The molecule has 0 aliphatic rings. The van der Waals surface area contributed by atoms with Gasteiger partial charge in [0.15, 0.2) is 6.61 Å². The third kappa shape index (κ3) is 4.21. The maximum Gasteiger partial charge on any atom is 0.342 e. The van der Waals surface area contributed by atoms with Crippen LogP contribution in [0.5, 0.6) is 0 Å². The first-order valence-electron chi connectivity index (χ1n) is 5.54. The second kappa shape index (κ2) is 6.80. The van der Waals surface area contributed by atoms with Gasteiger partial charge in [0.2, 0.25) is 0 Å². The zero-order chi connectivity index (χ0) is 13.5. The number of nitrogens with one attached hydrogen (secondary N) is 1. The number of furan rings is 1. The maximum atomic E-state index is 11.6. The van der Waals surface area contributed by atoms with E-state index in [-0.39, 0.29) is 12.5 Å². The van der Waals surface area contributed by atoms with Gasteiger partial charge in [-0.3, -0.25) is 4.79 Å². The van der Waals surface area contributed by atoms with Gasteiger partial charge in [0.1, 0.15) is 17.1 Å². The molecule has 0 unspecified atom stereocenters. The monoisotopic (exact) mass is 255 g/mol. The fraction of sp³-hybridized carbons (Fsp3) is 0.500. The Labute approximate surface area is 105 Å². The minimum atomic E-state index is -0.564. The zero-order valence-corrected chi connectivity index (χ0v) is 10.7. The summed E-state index contributed by atoms with van der Waals surface area (Å²) < 4.78 is 14.8. The lowest BCUT2D eigenvalue weighted by molar-refractivity contribution is -0.124. The van der Waals surface area contributed by atoms with Gasteiger partial charge in [-0.05, 0) is 19.9 Å². The molecule has 6 heteroatoms. The van der Waals surface area contributed by atoms with E-state index < -0.39 is 5.97 Å². The summed E-state index contributed by atoms with van der Waals surface area (Å²) in [5.74, 6) is 0.186. The lowest BCUT2D eigenvalue weighted by Gasteiger charge is -2.05. The van der Waals surface area contributed by atoms with Crippen LogP contribution in [0.2, 0.25) is 0 Å². The fourth-order valence-corrected chi connectivity index (χ4v) is 1.39. The number of ether oxygens (including phenoxy) is 2. The molecule has 6 nitrogen and oxygen atoms in total. The van der Waals surface area contributed by atoms with Crippen LogP contribution in [0.25, 0.3) is 0 Å². The summed E-state index contributed by atoms with van der Waals surface area (Å²) in [7, 11) is 1.54. The molecule has 0 radical (unpaired) electrons. The van der Waals surface area contributed by atoms with E-state index in [1.165, 1.54) is 7.11 Å². The molecule has 0 saturated carbocycles. The third-order valence-electron chi connectivity index (χ3n) is 2.22. The minimum Gasteiger partial charge on any atom is -0.466 e. The fourth-order valence-electron chi connectivity index (χ4n) is 1.39. The second-order valence-corrected chi connectivity index (χ2v) is 3.75. The number of methoxy groups -OCH3 is 1. The van der Waals surface area contributed by atoms with Crippen LogP contribution in [-0.4, -0.2) is 38.7 Å². The Kier molecular flexibility index (Phi) is 5.38. The van der Waals surface area contributed by atoms with Gasteiger partial charge in [-0.25, -0.2) is 4.79 Å². The summed E-state index contributed by atoms with van der Waals surface area (Å²) in [6, 6.07) is 1.58. The molecule has 0 bridgehead atoms. The van der Waals surface area contributed by atoms with Gasteiger partial charge in [0.05, 0.1) is 6.61 Å². The number of amides is 1. The molecule has 18 heavy (non-hydrogen) atoms. The number of esters is 1. The highest BCUT2D eigenvalue weighted by Gasteiger charge is 2.16. The first-order chi connectivity index (χ1) is 8.54. The SMILES string of the molecule is COCCNC(=O)COC(=O)c1cc(C)oc1C. The lowest BCUT2D eigenvalue weighted by Crippen LogP contribution is -2.31. The molecule has 0 aliphatic carbocycles. The summed E-state index contributed by atoms with van der Waals surface area (Å²) >= 11 is 0. The van der Waals surface area contributed by atoms with E-state index in [2.05, 4.69) is 5.32 Å². The number of hydrogen-bond donors (Lipinski definition) is 1. The van der Waals surface area contributed by atoms with Crippen molar-refractivity contribution >= 4 is 11.9 Å². The molecule has 100 valence electrons. The smallest absolute Gasteiger partial charge is 0.342 e. The Balaban J connectivity index is 2.37. The van der Waals surface area contributed by atoms with E-state index in [0.717, 1.165) is 0 Å². The lowest BCUT2D eigenvalue weighted by atomic mass is 10.2. The highest BCUT2D eigenvalue weighted by atomic mass is 16.5. The Morgan fingerprint density at radius 2 is 2.11 bits per heavy atom. The minimum absolute atomic E-state index is 0.313. The molecule has 1 aromatic rings. The Morgan fingerprint density at radius 1 is 1.39 bits per heavy atom. The number of aryl methyl sites for hydroxylation is 2. The van der Waals surface area contributed by atoms with Crippen LogP contribution in [0.1, 0.15) is 21.9 Å². The van der Waals surface area contributed by atoms with Crippen LogP contribution in [0, 0.1) is 13.8 Å². The van der Waals surface area contributed by atoms with Gasteiger partial charge in [0, 0.05) is 13.7 Å². The summed E-state index contributed by atoms with van der Waals surface area (Å²) in [6.45, 7) is 3.89. The standard InChI is InChI=1S/C12H17NO5/c1-8-6-10(9(2)18-8)12(15)17-7-11(14)13-4-5-16-3/h6H,4-5,7H2,1-3H3,(H,13,14). The van der Waals surface area contributed by atoms with Gasteiger partial charge in [-0.2, -0.15) is 0 Å². The molecular formula is C12H17NO5. The molecule has 1 N–H and O–H groups in total. The molecule has 0 aliphatic heterocycles. The van der Waals surface area contributed by atoms with Gasteiger partial charge in [0.25, 0.3) is 5.91 Å². The molecule has 1 heterocycles. The van der Waals surface area contributed by atoms with Crippen molar-refractivity contribution in [3.05, 3.63) is 23.2 Å². The highest BCUT2D eigenvalue weighted by molar-refractivity contribution is 5.92. The summed E-state index contributed by atoms with van der Waals surface area (Å²) in [5.41, 5.74) is 0.345. The highest BCUT2D eigenvalue weighted by Crippen LogP contribution is 2.14. The van der Waals surface area contributed by atoms with E-state index in [4.69, 9.17) is 13.9 Å². The molecule has 1 amide bonds. The Morgan fingerprint density at radius 3 is 2.67 bits per heavy atom. The van der Waals surface area contributed by atoms with Crippen molar-refractivity contribution in [2.24, 2.45) is 0 Å². The normalized spacial score (nSPS) is 10.2. The van der Waals surface area contributed by atoms with Gasteiger partial charge < -0.3 is 19.2 Å². The summed E-state index contributed by atoms with van der Waals surface area (Å²) in [4.78, 5) is 22.9. The van der Waals surface area contributed by atoms with E-state index in [1.54, 1.807) is 19.9 Å². The van der Waals surface area contributed by atoms with Crippen LogP contribution in [-0.2, 0) is 14.3 Å². The largest absolute Gasteiger partial charge is 0.466 e. The van der Waals surface area contributed by atoms with E-state index in [9.17, 15) is 9.59 Å². The zero-order valence-electron chi connectivity index (χ0n) is 10.7. The number of carbonyl (C=O) groups excluding carboxylic acids is 2. The number of carbonyl (C=O) groups is 2. The van der Waals surface area contributed by atoms with Crippen molar-refractivity contribution < 1.29 is 23.5 Å². The maximum absolute atomic E-state index is 11.6. The van der Waals surface area contributed by atoms with Gasteiger partial charge in [-0.15, -0.1) is 0 Å². The van der Waals surface area contributed by atoms with Crippen LogP contribution in [0.15, 0.2) is 10.5 Å². The molecule has 1 rings (SSSR count). The summed E-state index contributed by atoms with van der Waals surface area (Å²) in [5, 5.41) is 2.55. The number of rotatable bonds is 6. The third-order valence-corrected chi connectivity index (χ3v) is 2.22. The van der Waals surface area contributed by atoms with Crippen molar-refractivity contribution in [2.75, 3.05) is 26.9 Å². The Bertz CT molecular complexity index is 424. The molecule has 0 saturated heterocycles. The van der Waals surface area contributed by atoms with E-state index in [0.29, 0.717) is 30.2 Å².